The molecule has 1 atom stereocenters. The molecule has 0 spiro atoms. The Morgan fingerprint density at radius 2 is 1.64 bits per heavy atom. The highest BCUT2D eigenvalue weighted by molar-refractivity contribution is 7.93. The van der Waals surface area contributed by atoms with Crippen LogP contribution in [-0.2, 0) is 26.2 Å². The molecule has 0 aromatic heterocycles. The van der Waals surface area contributed by atoms with Gasteiger partial charge in [-0.25, -0.2) is 8.42 Å². The quantitative estimate of drug-likeness (QED) is 0.256. The number of hydrogen-bond donors (Lipinski definition) is 1. The van der Waals surface area contributed by atoms with E-state index < -0.39 is 16.1 Å². The van der Waals surface area contributed by atoms with Crippen molar-refractivity contribution >= 4 is 61.5 Å². The Labute approximate surface area is 240 Å². The summed E-state index contributed by atoms with van der Waals surface area (Å²) in [6, 6.07) is 15.2. The molecule has 39 heavy (non-hydrogen) atoms. The molecular weight excluding hydrogens is 557 g/mol. The Morgan fingerprint density at radius 3 is 2.31 bits per heavy atom. The summed E-state index contributed by atoms with van der Waals surface area (Å²) in [5.74, 6) is -0.498. The molecule has 4 rings (SSSR count). The first-order chi connectivity index (χ1) is 18.7. The first-order valence-electron chi connectivity index (χ1n) is 13.2. The molecule has 0 saturated heterocycles. The van der Waals surface area contributed by atoms with Gasteiger partial charge in [-0.1, -0.05) is 73.8 Å². The Bertz CT molecular complexity index is 1450. The van der Waals surface area contributed by atoms with E-state index in [1.54, 1.807) is 36.4 Å². The van der Waals surface area contributed by atoms with Gasteiger partial charge in [-0.15, -0.1) is 0 Å². The number of unbranched alkanes of at least 4 members (excludes halogenated alkanes) is 1. The second kappa shape index (κ2) is 12.6. The molecule has 3 aromatic carbocycles. The molecule has 0 saturated carbocycles. The predicted octanol–water partition coefficient (Wildman–Crippen LogP) is 6.16. The third-order valence-electron chi connectivity index (χ3n) is 7.04. The van der Waals surface area contributed by atoms with Crippen LogP contribution in [0.15, 0.2) is 59.5 Å². The van der Waals surface area contributed by atoms with Crippen LogP contribution in [0.5, 0.6) is 0 Å². The van der Waals surface area contributed by atoms with E-state index in [4.69, 9.17) is 23.2 Å². The van der Waals surface area contributed by atoms with Crippen molar-refractivity contribution in [2.24, 2.45) is 0 Å². The summed E-state index contributed by atoms with van der Waals surface area (Å²) < 4.78 is 28.0. The first kappa shape index (κ1) is 29.2. The lowest BCUT2D eigenvalue weighted by Gasteiger charge is -2.31. The van der Waals surface area contributed by atoms with E-state index in [-0.39, 0.29) is 42.6 Å². The number of carbonyl (C=O) groups excluding carboxylic acids is 2. The molecule has 3 aromatic rings. The molecule has 10 heteroatoms. The molecule has 2 amide bonds. The van der Waals surface area contributed by atoms with Crippen LogP contribution in [0.2, 0.25) is 10.0 Å². The van der Waals surface area contributed by atoms with Gasteiger partial charge in [0, 0.05) is 47.1 Å². The Balaban J connectivity index is 1.53. The Morgan fingerprint density at radius 1 is 0.974 bits per heavy atom. The number of amides is 2. The Kier molecular flexibility index (Phi) is 9.41. The van der Waals surface area contributed by atoms with Gasteiger partial charge in [-0.3, -0.25) is 13.9 Å². The topological polar surface area (TPSA) is 86.8 Å². The zero-order valence-electron chi connectivity index (χ0n) is 22.1. The van der Waals surface area contributed by atoms with Gasteiger partial charge < -0.3 is 10.2 Å². The van der Waals surface area contributed by atoms with Crippen LogP contribution in [-0.4, -0.2) is 44.3 Å². The summed E-state index contributed by atoms with van der Waals surface area (Å²) >= 11 is 12.8. The predicted molar refractivity (Wildman–Crippen MR) is 157 cm³/mol. The normalized spacial score (nSPS) is 14.4. The van der Waals surface area contributed by atoms with Crippen molar-refractivity contribution < 1.29 is 18.0 Å². The zero-order chi connectivity index (χ0) is 28.2. The van der Waals surface area contributed by atoms with Gasteiger partial charge in [0.05, 0.1) is 10.6 Å². The largest absolute Gasteiger partial charge is 0.354 e. The number of nitrogens with one attached hydrogen (secondary N) is 1. The van der Waals surface area contributed by atoms with Crippen LogP contribution in [0.25, 0.3) is 10.8 Å². The molecule has 1 unspecified atom stereocenters. The second-order valence-corrected chi connectivity index (χ2v) is 12.2. The summed E-state index contributed by atoms with van der Waals surface area (Å²) in [5.41, 5.74) is 1.19. The summed E-state index contributed by atoms with van der Waals surface area (Å²) in [4.78, 5) is 28.5. The van der Waals surface area contributed by atoms with Crippen molar-refractivity contribution in [3.63, 3.8) is 0 Å². The summed E-state index contributed by atoms with van der Waals surface area (Å²) in [6.07, 6.45) is 2.52. The fourth-order valence-corrected chi connectivity index (χ4v) is 7.26. The Hall–Kier alpha value is -2.81. The minimum absolute atomic E-state index is 0.0547. The van der Waals surface area contributed by atoms with E-state index in [9.17, 15) is 18.0 Å². The van der Waals surface area contributed by atoms with Crippen LogP contribution in [0.1, 0.15) is 51.5 Å². The standard InChI is InChI=1S/C29H33Cl2N3O4S/c1-3-5-17-32-29(36)24(4-2)33(19-21-22(30)12-8-13-23(21)31)27(35)16-9-18-34-25-14-6-10-20-11-7-15-26(28(20)25)39(34,37)38/h6-8,10-15,24H,3-5,9,16-19H2,1-2H3,(H,32,36). The van der Waals surface area contributed by atoms with E-state index in [1.165, 1.54) is 9.21 Å². The fraction of sp³-hybridized carbons (Fsp3) is 0.379. The molecular formula is C29H33Cl2N3O4S. The lowest BCUT2D eigenvalue weighted by molar-refractivity contribution is -0.141. The highest BCUT2D eigenvalue weighted by atomic mass is 35.5. The minimum Gasteiger partial charge on any atom is -0.354 e. The van der Waals surface area contributed by atoms with Crippen molar-refractivity contribution in [1.82, 2.24) is 10.2 Å². The van der Waals surface area contributed by atoms with Gasteiger partial charge in [-0.05, 0) is 48.9 Å². The number of sulfonamides is 1. The van der Waals surface area contributed by atoms with E-state index in [1.807, 2.05) is 32.0 Å². The average molecular weight is 591 g/mol. The minimum atomic E-state index is -3.71. The van der Waals surface area contributed by atoms with Crippen LogP contribution in [0.3, 0.4) is 0 Å². The second-order valence-electron chi connectivity index (χ2n) is 9.60. The molecule has 0 fully saturated rings. The molecule has 1 aliphatic rings. The summed E-state index contributed by atoms with van der Waals surface area (Å²) in [5, 5.41) is 5.32. The summed E-state index contributed by atoms with van der Waals surface area (Å²) in [6.45, 7) is 4.64. The lowest BCUT2D eigenvalue weighted by atomic mass is 10.1. The van der Waals surface area contributed by atoms with E-state index in [0.717, 1.165) is 18.2 Å². The lowest BCUT2D eigenvalue weighted by Crippen LogP contribution is -2.49. The molecule has 1 heterocycles. The number of hydrogen-bond acceptors (Lipinski definition) is 4. The molecule has 7 nitrogen and oxygen atoms in total. The van der Waals surface area contributed by atoms with Crippen molar-refractivity contribution in [2.45, 2.75) is 63.4 Å². The fourth-order valence-electron chi connectivity index (χ4n) is 5.00. The third-order valence-corrected chi connectivity index (χ3v) is 9.60. The van der Waals surface area contributed by atoms with Crippen molar-refractivity contribution in [3.8, 4) is 0 Å². The van der Waals surface area contributed by atoms with Gasteiger partial charge in [0.2, 0.25) is 11.8 Å². The number of carbonyl (C=O) groups is 2. The SMILES string of the molecule is CCCCNC(=O)C(CC)N(Cc1c(Cl)cccc1Cl)C(=O)CCCN1c2cccc3cccc(c23)S1(=O)=O. The van der Waals surface area contributed by atoms with Gasteiger partial charge >= 0.3 is 0 Å². The molecule has 0 bridgehead atoms. The number of halogens is 2. The van der Waals surface area contributed by atoms with Crippen molar-refractivity contribution in [3.05, 3.63) is 70.2 Å². The maximum Gasteiger partial charge on any atom is 0.265 e. The van der Waals surface area contributed by atoms with E-state index in [0.29, 0.717) is 39.6 Å². The molecule has 1 N–H and O–H groups in total. The zero-order valence-corrected chi connectivity index (χ0v) is 24.5. The van der Waals surface area contributed by atoms with E-state index >= 15 is 0 Å². The number of rotatable bonds is 12. The van der Waals surface area contributed by atoms with Crippen LogP contribution >= 0.6 is 23.2 Å². The molecule has 0 radical (unpaired) electrons. The van der Waals surface area contributed by atoms with Gasteiger partial charge in [0.15, 0.2) is 0 Å². The van der Waals surface area contributed by atoms with Gasteiger partial charge in [-0.2, -0.15) is 0 Å². The monoisotopic (exact) mass is 589 g/mol. The molecule has 1 aliphatic heterocycles. The van der Waals surface area contributed by atoms with E-state index in [2.05, 4.69) is 5.32 Å². The number of anilines is 1. The smallest absolute Gasteiger partial charge is 0.265 e. The first-order valence-corrected chi connectivity index (χ1v) is 15.4. The number of nitrogens with zero attached hydrogens (tertiary/aromatic N) is 2. The summed E-state index contributed by atoms with van der Waals surface area (Å²) in [7, 11) is -3.71. The highest BCUT2D eigenvalue weighted by Crippen LogP contribution is 2.42. The van der Waals surface area contributed by atoms with Gasteiger partial charge in [0.25, 0.3) is 10.0 Å². The number of benzene rings is 3. The third kappa shape index (κ3) is 6.03. The maximum atomic E-state index is 13.6. The average Bonchev–Trinajstić information content (AvgIpc) is 3.13. The molecule has 0 aliphatic carbocycles. The van der Waals surface area contributed by atoms with Crippen LogP contribution in [0.4, 0.5) is 5.69 Å². The molecule has 208 valence electrons. The maximum absolute atomic E-state index is 13.6. The van der Waals surface area contributed by atoms with Crippen molar-refractivity contribution in [1.29, 1.82) is 0 Å². The van der Waals surface area contributed by atoms with Crippen LogP contribution < -0.4 is 9.62 Å². The van der Waals surface area contributed by atoms with Gasteiger partial charge in [0.1, 0.15) is 6.04 Å². The highest BCUT2D eigenvalue weighted by Gasteiger charge is 2.35. The van der Waals surface area contributed by atoms with Crippen molar-refractivity contribution in [2.75, 3.05) is 17.4 Å². The van der Waals surface area contributed by atoms with Crippen LogP contribution in [0, 0.1) is 0 Å².